The van der Waals surface area contributed by atoms with Gasteiger partial charge >= 0.3 is 0 Å². The molecule has 5 rings (SSSR count). The lowest BCUT2D eigenvalue weighted by Gasteiger charge is -2.18. The summed E-state index contributed by atoms with van der Waals surface area (Å²) in [6.07, 6.45) is 2.41. The lowest BCUT2D eigenvalue weighted by atomic mass is 10.1. The third-order valence-corrected chi connectivity index (χ3v) is 6.68. The Hall–Kier alpha value is -3.45. The minimum absolute atomic E-state index is 0.0892. The van der Waals surface area contributed by atoms with E-state index in [1.165, 1.54) is 41.2 Å². The van der Waals surface area contributed by atoms with E-state index < -0.39 is 0 Å². The van der Waals surface area contributed by atoms with Gasteiger partial charge in [0.05, 0.1) is 12.1 Å². The predicted octanol–water partition coefficient (Wildman–Crippen LogP) is 4.88. The van der Waals surface area contributed by atoms with E-state index in [1.807, 2.05) is 41.8 Å². The van der Waals surface area contributed by atoms with Gasteiger partial charge in [-0.3, -0.25) is 14.5 Å². The van der Waals surface area contributed by atoms with E-state index in [0.29, 0.717) is 11.1 Å². The Balaban J connectivity index is 1.43. The van der Waals surface area contributed by atoms with Gasteiger partial charge in [-0.25, -0.2) is 4.39 Å². The first kappa shape index (κ1) is 20.5. The van der Waals surface area contributed by atoms with Crippen molar-refractivity contribution >= 4 is 40.1 Å². The zero-order valence-electron chi connectivity index (χ0n) is 17.4. The normalized spacial score (nSPS) is 16.4. The molecule has 162 valence electrons. The number of carbonyl (C=O) groups excluding carboxylic acids is 2. The SMILES string of the molecule is O=C1C(Nc2ccc(N3CCCC3)cc2)=C(c2cccs2)C(=O)N1Cc1ccc(F)cc1. The monoisotopic (exact) mass is 447 g/mol. The summed E-state index contributed by atoms with van der Waals surface area (Å²) in [6.45, 7) is 2.21. The lowest BCUT2D eigenvalue weighted by Crippen LogP contribution is -2.31. The number of hydrogen-bond donors (Lipinski definition) is 1. The topological polar surface area (TPSA) is 52.7 Å². The maximum Gasteiger partial charge on any atom is 0.278 e. The molecule has 1 N–H and O–H groups in total. The smallest absolute Gasteiger partial charge is 0.278 e. The second-order valence-electron chi connectivity index (χ2n) is 7.92. The van der Waals surface area contributed by atoms with Gasteiger partial charge in [-0.2, -0.15) is 0 Å². The highest BCUT2D eigenvalue weighted by Crippen LogP contribution is 2.34. The molecule has 3 heterocycles. The third kappa shape index (κ3) is 3.91. The number of halogens is 1. The van der Waals surface area contributed by atoms with Crippen molar-refractivity contribution in [2.24, 2.45) is 0 Å². The molecule has 0 saturated carbocycles. The van der Waals surface area contributed by atoms with Gasteiger partial charge in [0, 0.05) is 29.3 Å². The average Bonchev–Trinajstić information content (AvgIpc) is 3.56. The van der Waals surface area contributed by atoms with Crippen LogP contribution in [-0.2, 0) is 16.1 Å². The van der Waals surface area contributed by atoms with Gasteiger partial charge in [0.25, 0.3) is 11.8 Å². The largest absolute Gasteiger partial charge is 0.372 e. The first-order chi connectivity index (χ1) is 15.6. The molecule has 1 fully saturated rings. The molecule has 0 radical (unpaired) electrons. The minimum Gasteiger partial charge on any atom is -0.372 e. The van der Waals surface area contributed by atoms with Gasteiger partial charge in [-0.05, 0) is 66.2 Å². The maximum absolute atomic E-state index is 13.3. The molecule has 0 bridgehead atoms. The van der Waals surface area contributed by atoms with Crippen molar-refractivity contribution in [3.8, 4) is 0 Å². The van der Waals surface area contributed by atoms with Crippen molar-refractivity contribution < 1.29 is 14.0 Å². The van der Waals surface area contributed by atoms with Crippen LogP contribution in [0.25, 0.3) is 5.57 Å². The Morgan fingerprint density at radius 2 is 1.62 bits per heavy atom. The molecule has 2 amide bonds. The molecule has 0 unspecified atom stereocenters. The number of hydrogen-bond acceptors (Lipinski definition) is 5. The van der Waals surface area contributed by atoms with Crippen LogP contribution in [0.2, 0.25) is 0 Å². The molecule has 1 aromatic heterocycles. The molecule has 7 heteroatoms. The van der Waals surface area contributed by atoms with Crippen LogP contribution in [0.1, 0.15) is 23.3 Å². The highest BCUT2D eigenvalue weighted by molar-refractivity contribution is 7.11. The van der Waals surface area contributed by atoms with Crippen LogP contribution >= 0.6 is 11.3 Å². The van der Waals surface area contributed by atoms with Crippen LogP contribution in [0.4, 0.5) is 15.8 Å². The molecule has 0 atom stereocenters. The summed E-state index contributed by atoms with van der Waals surface area (Å²) in [6, 6.07) is 17.5. The van der Waals surface area contributed by atoms with Crippen LogP contribution in [0.15, 0.2) is 71.7 Å². The standard InChI is InChI=1S/C25H22FN3O2S/c26-18-7-5-17(6-8-18)16-29-24(30)22(21-4-3-15-32-21)23(25(29)31)27-19-9-11-20(12-10-19)28-13-1-2-14-28/h3-12,15,27H,1-2,13-14,16H2. The number of benzene rings is 2. The predicted molar refractivity (Wildman–Crippen MR) is 125 cm³/mol. The van der Waals surface area contributed by atoms with Crippen LogP contribution in [0.5, 0.6) is 0 Å². The first-order valence-electron chi connectivity index (χ1n) is 10.6. The number of nitrogens with zero attached hydrogens (tertiary/aromatic N) is 2. The summed E-state index contributed by atoms with van der Waals surface area (Å²) < 4.78 is 13.3. The van der Waals surface area contributed by atoms with E-state index in [9.17, 15) is 14.0 Å². The molecule has 2 aromatic carbocycles. The summed E-state index contributed by atoms with van der Waals surface area (Å²) >= 11 is 1.42. The average molecular weight is 448 g/mol. The minimum atomic E-state index is -0.383. The molecule has 0 aliphatic carbocycles. The second-order valence-corrected chi connectivity index (χ2v) is 8.86. The Labute approximate surface area is 189 Å². The highest BCUT2D eigenvalue weighted by atomic mass is 32.1. The summed E-state index contributed by atoms with van der Waals surface area (Å²) in [4.78, 5) is 30.8. The van der Waals surface area contributed by atoms with Crippen LogP contribution in [0, 0.1) is 5.82 Å². The molecule has 3 aromatic rings. The number of thiophene rings is 1. The van der Waals surface area contributed by atoms with Crippen LogP contribution < -0.4 is 10.2 Å². The van der Waals surface area contributed by atoms with Crippen molar-refractivity contribution in [2.75, 3.05) is 23.3 Å². The van der Waals surface area contributed by atoms with Crippen molar-refractivity contribution in [1.82, 2.24) is 4.90 Å². The van der Waals surface area contributed by atoms with Crippen molar-refractivity contribution in [3.05, 3.63) is 88.0 Å². The van der Waals surface area contributed by atoms with E-state index >= 15 is 0 Å². The quantitative estimate of drug-likeness (QED) is 0.548. The van der Waals surface area contributed by atoms with E-state index in [1.54, 1.807) is 12.1 Å². The van der Waals surface area contributed by atoms with E-state index in [2.05, 4.69) is 10.2 Å². The van der Waals surface area contributed by atoms with Crippen LogP contribution in [-0.4, -0.2) is 29.8 Å². The molecule has 2 aliphatic heterocycles. The number of nitrogens with one attached hydrogen (secondary N) is 1. The molecular weight excluding hydrogens is 425 g/mol. The zero-order chi connectivity index (χ0) is 22.1. The number of amides is 2. The molecule has 2 aliphatic rings. The number of carbonyl (C=O) groups is 2. The Morgan fingerprint density at radius 3 is 2.28 bits per heavy atom. The van der Waals surface area contributed by atoms with E-state index in [0.717, 1.165) is 29.3 Å². The molecule has 32 heavy (non-hydrogen) atoms. The van der Waals surface area contributed by atoms with E-state index in [-0.39, 0.29) is 29.9 Å². The lowest BCUT2D eigenvalue weighted by molar-refractivity contribution is -0.137. The fourth-order valence-electron chi connectivity index (χ4n) is 4.13. The van der Waals surface area contributed by atoms with Gasteiger partial charge in [-0.15, -0.1) is 11.3 Å². The first-order valence-corrected chi connectivity index (χ1v) is 11.5. The summed E-state index contributed by atoms with van der Waals surface area (Å²) in [5.41, 5.74) is 3.24. The summed E-state index contributed by atoms with van der Waals surface area (Å²) in [5.74, 6) is -1.09. The fraction of sp³-hybridized carbons (Fsp3) is 0.200. The van der Waals surface area contributed by atoms with Gasteiger partial charge in [0.1, 0.15) is 11.5 Å². The number of rotatable bonds is 6. The van der Waals surface area contributed by atoms with Gasteiger partial charge in [0.15, 0.2) is 0 Å². The Kier molecular flexibility index (Phi) is 5.49. The number of imide groups is 1. The Morgan fingerprint density at radius 1 is 0.906 bits per heavy atom. The summed E-state index contributed by atoms with van der Waals surface area (Å²) in [5, 5.41) is 5.08. The molecule has 5 nitrogen and oxygen atoms in total. The van der Waals surface area contributed by atoms with Crippen molar-refractivity contribution in [2.45, 2.75) is 19.4 Å². The molecular formula is C25H22FN3O2S. The van der Waals surface area contributed by atoms with Crippen LogP contribution in [0.3, 0.4) is 0 Å². The molecule has 1 saturated heterocycles. The highest BCUT2D eigenvalue weighted by Gasteiger charge is 2.39. The maximum atomic E-state index is 13.3. The van der Waals surface area contributed by atoms with Gasteiger partial charge in [-0.1, -0.05) is 18.2 Å². The van der Waals surface area contributed by atoms with Gasteiger partial charge < -0.3 is 10.2 Å². The van der Waals surface area contributed by atoms with Crippen molar-refractivity contribution in [1.29, 1.82) is 0 Å². The summed E-state index contributed by atoms with van der Waals surface area (Å²) in [7, 11) is 0. The second kappa shape index (κ2) is 8.59. The van der Waals surface area contributed by atoms with Gasteiger partial charge in [0.2, 0.25) is 0 Å². The molecule has 0 spiro atoms. The number of anilines is 2. The third-order valence-electron chi connectivity index (χ3n) is 5.80. The fourth-order valence-corrected chi connectivity index (χ4v) is 4.90. The van der Waals surface area contributed by atoms with E-state index in [4.69, 9.17) is 0 Å². The zero-order valence-corrected chi connectivity index (χ0v) is 18.2. The Bertz CT molecular complexity index is 1160. The van der Waals surface area contributed by atoms with Crippen molar-refractivity contribution in [3.63, 3.8) is 0 Å².